The molecule has 0 fully saturated rings. The van der Waals surface area contributed by atoms with E-state index >= 15 is 0 Å². The number of aromatic nitrogens is 2. The molecule has 5 heteroatoms. The van der Waals surface area contributed by atoms with Crippen molar-refractivity contribution in [2.75, 3.05) is 5.73 Å². The zero-order valence-electron chi connectivity index (χ0n) is 8.64. The molecule has 0 saturated carbocycles. The van der Waals surface area contributed by atoms with Gasteiger partial charge in [0.15, 0.2) is 0 Å². The molecule has 4 nitrogen and oxygen atoms in total. The van der Waals surface area contributed by atoms with Crippen LogP contribution in [0.3, 0.4) is 0 Å². The van der Waals surface area contributed by atoms with Gasteiger partial charge in [0.2, 0.25) is 5.88 Å². The molecule has 16 heavy (non-hydrogen) atoms. The number of rotatable bonds is 2. The molecule has 0 bridgehead atoms. The van der Waals surface area contributed by atoms with Gasteiger partial charge in [-0.2, -0.15) is 4.98 Å². The van der Waals surface area contributed by atoms with Gasteiger partial charge in [0, 0.05) is 5.02 Å². The highest BCUT2D eigenvalue weighted by Crippen LogP contribution is 2.25. The highest BCUT2D eigenvalue weighted by molar-refractivity contribution is 6.30. The quantitative estimate of drug-likeness (QED) is 0.870. The smallest absolute Gasteiger partial charge is 0.239 e. The molecular weight excluding hydrogens is 226 g/mol. The van der Waals surface area contributed by atoms with Crippen LogP contribution < -0.4 is 10.5 Å². The Morgan fingerprint density at radius 1 is 1.31 bits per heavy atom. The molecule has 1 heterocycles. The molecule has 0 atom stereocenters. The van der Waals surface area contributed by atoms with Gasteiger partial charge in [0.1, 0.15) is 11.6 Å². The lowest BCUT2D eigenvalue weighted by Crippen LogP contribution is -1.95. The normalized spacial score (nSPS) is 10.1. The number of aryl methyl sites for hydroxylation is 1. The van der Waals surface area contributed by atoms with Crippen LogP contribution in [-0.4, -0.2) is 9.97 Å². The van der Waals surface area contributed by atoms with E-state index in [1.54, 1.807) is 12.1 Å². The Hall–Kier alpha value is -1.81. The molecule has 0 radical (unpaired) electrons. The minimum Gasteiger partial charge on any atom is -0.437 e. The van der Waals surface area contributed by atoms with Crippen molar-refractivity contribution in [3.05, 3.63) is 41.2 Å². The first-order valence-electron chi connectivity index (χ1n) is 4.66. The molecule has 82 valence electrons. The molecule has 2 N–H and O–H groups in total. The molecule has 0 aliphatic heterocycles. The Morgan fingerprint density at radius 2 is 2.12 bits per heavy atom. The molecule has 0 aliphatic rings. The van der Waals surface area contributed by atoms with Crippen LogP contribution in [0.4, 0.5) is 5.82 Å². The van der Waals surface area contributed by atoms with E-state index in [-0.39, 0.29) is 0 Å². The molecule has 1 aromatic carbocycles. The van der Waals surface area contributed by atoms with Crippen molar-refractivity contribution in [1.29, 1.82) is 0 Å². The van der Waals surface area contributed by atoms with Crippen LogP contribution in [0.5, 0.6) is 11.6 Å². The number of hydrogen-bond acceptors (Lipinski definition) is 4. The molecule has 1 aromatic heterocycles. The zero-order valence-corrected chi connectivity index (χ0v) is 9.40. The molecule has 2 aromatic rings. The Balaban J connectivity index is 2.27. The zero-order chi connectivity index (χ0) is 11.5. The van der Waals surface area contributed by atoms with Gasteiger partial charge in [0.25, 0.3) is 0 Å². The third-order valence-corrected chi connectivity index (χ3v) is 2.22. The Morgan fingerprint density at radius 3 is 2.81 bits per heavy atom. The molecule has 0 unspecified atom stereocenters. The van der Waals surface area contributed by atoms with E-state index < -0.39 is 0 Å². The van der Waals surface area contributed by atoms with Crippen molar-refractivity contribution >= 4 is 17.4 Å². The number of halogens is 1. The lowest BCUT2D eigenvalue weighted by atomic mass is 10.2. The Bertz CT molecular complexity index is 516. The fourth-order valence-corrected chi connectivity index (χ4v) is 1.48. The lowest BCUT2D eigenvalue weighted by molar-refractivity contribution is 0.458. The van der Waals surface area contributed by atoms with E-state index in [1.165, 1.54) is 12.4 Å². The molecule has 0 spiro atoms. The average molecular weight is 236 g/mol. The van der Waals surface area contributed by atoms with E-state index in [0.717, 1.165) is 5.56 Å². The summed E-state index contributed by atoms with van der Waals surface area (Å²) in [5.41, 5.74) is 6.43. The minimum absolute atomic E-state index is 0.323. The van der Waals surface area contributed by atoms with E-state index in [1.807, 2.05) is 13.0 Å². The van der Waals surface area contributed by atoms with Gasteiger partial charge in [0.05, 0.1) is 12.4 Å². The van der Waals surface area contributed by atoms with Gasteiger partial charge in [-0.05, 0) is 30.7 Å². The van der Waals surface area contributed by atoms with Crippen LogP contribution >= 0.6 is 11.6 Å². The van der Waals surface area contributed by atoms with Crippen LogP contribution in [0.2, 0.25) is 5.02 Å². The van der Waals surface area contributed by atoms with Gasteiger partial charge in [-0.15, -0.1) is 0 Å². The SMILES string of the molecule is Cc1cc(Cl)ccc1Oc1cncc(N)n1. The second-order valence-electron chi connectivity index (χ2n) is 3.29. The largest absolute Gasteiger partial charge is 0.437 e. The number of hydrogen-bond donors (Lipinski definition) is 1. The van der Waals surface area contributed by atoms with E-state index in [2.05, 4.69) is 9.97 Å². The maximum absolute atomic E-state index is 5.84. The highest BCUT2D eigenvalue weighted by atomic mass is 35.5. The maximum atomic E-state index is 5.84. The van der Waals surface area contributed by atoms with Crippen molar-refractivity contribution in [2.45, 2.75) is 6.92 Å². The first-order valence-corrected chi connectivity index (χ1v) is 5.04. The van der Waals surface area contributed by atoms with Crippen LogP contribution in [0, 0.1) is 6.92 Å². The van der Waals surface area contributed by atoms with Crippen molar-refractivity contribution < 1.29 is 4.74 Å². The first kappa shape index (κ1) is 10.7. The highest BCUT2D eigenvalue weighted by Gasteiger charge is 2.03. The topological polar surface area (TPSA) is 61.0 Å². The summed E-state index contributed by atoms with van der Waals surface area (Å²) in [6, 6.07) is 5.35. The fourth-order valence-electron chi connectivity index (χ4n) is 1.25. The Labute approximate surface area is 98.0 Å². The second-order valence-corrected chi connectivity index (χ2v) is 3.73. The molecule has 0 saturated heterocycles. The number of benzene rings is 1. The summed E-state index contributed by atoms with van der Waals surface area (Å²) < 4.78 is 5.53. The molecule has 2 rings (SSSR count). The predicted molar refractivity (Wildman–Crippen MR) is 62.7 cm³/mol. The van der Waals surface area contributed by atoms with Crippen LogP contribution in [0.1, 0.15) is 5.56 Å². The number of ether oxygens (including phenoxy) is 1. The summed E-state index contributed by atoms with van der Waals surface area (Å²) in [6.45, 7) is 1.90. The summed E-state index contributed by atoms with van der Waals surface area (Å²) in [4.78, 5) is 7.88. The summed E-state index contributed by atoms with van der Waals surface area (Å²) in [6.07, 6.45) is 2.96. The summed E-state index contributed by atoms with van der Waals surface area (Å²) in [5, 5.41) is 0.670. The summed E-state index contributed by atoms with van der Waals surface area (Å²) >= 11 is 5.84. The molecule has 0 aliphatic carbocycles. The average Bonchev–Trinajstić information content (AvgIpc) is 2.22. The molecule has 0 amide bonds. The van der Waals surface area contributed by atoms with Crippen molar-refractivity contribution in [2.24, 2.45) is 0 Å². The second kappa shape index (κ2) is 4.37. The van der Waals surface area contributed by atoms with Crippen LogP contribution in [0.25, 0.3) is 0 Å². The van der Waals surface area contributed by atoms with Crippen molar-refractivity contribution in [3.8, 4) is 11.6 Å². The summed E-state index contributed by atoms with van der Waals surface area (Å²) in [5.74, 6) is 1.37. The van der Waals surface area contributed by atoms with Gasteiger partial charge in [-0.3, -0.25) is 4.98 Å². The van der Waals surface area contributed by atoms with E-state index in [4.69, 9.17) is 22.1 Å². The molecular formula is C11H10ClN3O. The third-order valence-electron chi connectivity index (χ3n) is 1.98. The third kappa shape index (κ3) is 2.41. The van der Waals surface area contributed by atoms with Crippen molar-refractivity contribution in [3.63, 3.8) is 0 Å². The number of nitrogen functional groups attached to an aromatic ring is 1. The van der Waals surface area contributed by atoms with Crippen LogP contribution in [0.15, 0.2) is 30.6 Å². The van der Waals surface area contributed by atoms with Crippen molar-refractivity contribution in [1.82, 2.24) is 9.97 Å². The number of anilines is 1. The lowest BCUT2D eigenvalue weighted by Gasteiger charge is -2.07. The maximum Gasteiger partial charge on any atom is 0.239 e. The van der Waals surface area contributed by atoms with Gasteiger partial charge in [-0.1, -0.05) is 11.6 Å². The monoisotopic (exact) mass is 235 g/mol. The standard InChI is InChI=1S/C11H10ClN3O/c1-7-4-8(12)2-3-9(7)16-11-6-14-5-10(13)15-11/h2-6H,1H3,(H2,13,15). The first-order chi connectivity index (χ1) is 7.65. The number of nitrogens with zero attached hydrogens (tertiary/aromatic N) is 2. The van der Waals surface area contributed by atoms with E-state index in [0.29, 0.717) is 22.5 Å². The minimum atomic E-state index is 0.323. The van der Waals surface area contributed by atoms with Gasteiger partial charge < -0.3 is 10.5 Å². The number of nitrogens with two attached hydrogens (primary N) is 1. The van der Waals surface area contributed by atoms with Gasteiger partial charge >= 0.3 is 0 Å². The van der Waals surface area contributed by atoms with E-state index in [9.17, 15) is 0 Å². The Kier molecular flexibility index (Phi) is 2.92. The van der Waals surface area contributed by atoms with Crippen LogP contribution in [-0.2, 0) is 0 Å². The summed E-state index contributed by atoms with van der Waals surface area (Å²) in [7, 11) is 0. The fraction of sp³-hybridized carbons (Fsp3) is 0.0909. The predicted octanol–water partition coefficient (Wildman–Crippen LogP) is 2.81. The van der Waals surface area contributed by atoms with Gasteiger partial charge in [-0.25, -0.2) is 0 Å².